The summed E-state index contributed by atoms with van der Waals surface area (Å²) in [6.07, 6.45) is 19.8. The summed E-state index contributed by atoms with van der Waals surface area (Å²) >= 11 is 0. The van der Waals surface area contributed by atoms with Gasteiger partial charge in [-0.3, -0.25) is 0 Å². The van der Waals surface area contributed by atoms with Crippen LogP contribution in [0, 0.1) is 0 Å². The van der Waals surface area contributed by atoms with Crippen LogP contribution >= 0.6 is 0 Å². The summed E-state index contributed by atoms with van der Waals surface area (Å²) in [4.78, 5) is 0. The second-order valence-corrected chi connectivity index (χ2v) is 8.10. The first-order valence-corrected chi connectivity index (χ1v) is 12.3. The molecule has 0 aliphatic rings. The predicted octanol–water partition coefficient (Wildman–Crippen LogP) is 8.05. The maximum atomic E-state index is 6.06. The maximum Gasteiger partial charge on any atom is 0.313 e. The molecular formula is C26H54O4. The van der Waals surface area contributed by atoms with E-state index in [1.807, 2.05) is 6.08 Å². The zero-order valence-electron chi connectivity index (χ0n) is 21.5. The summed E-state index contributed by atoms with van der Waals surface area (Å²) < 4.78 is 23.2. The van der Waals surface area contributed by atoms with E-state index in [-0.39, 0.29) is 0 Å². The molecule has 0 rings (SSSR count). The Labute approximate surface area is 189 Å². The van der Waals surface area contributed by atoms with Crippen molar-refractivity contribution in [3.63, 3.8) is 0 Å². The second kappa shape index (κ2) is 21.8. The standard InChI is InChI=1S/C22H46O4.C4H8/c1-7-9-11-13-15-17-19-21(23-3,22(24-4,25-5)26-6)20-18-16-14-12-10-8-2;1-3-4-2/h7-20H2,1-6H3;3H,1,4H2,2H3. The fourth-order valence-corrected chi connectivity index (χ4v) is 3.95. The van der Waals surface area contributed by atoms with Crippen molar-refractivity contribution in [3.8, 4) is 0 Å². The monoisotopic (exact) mass is 430 g/mol. The van der Waals surface area contributed by atoms with Gasteiger partial charge in [-0.15, -0.1) is 6.58 Å². The number of ether oxygens (including phenoxy) is 4. The van der Waals surface area contributed by atoms with Gasteiger partial charge in [0.05, 0.1) is 0 Å². The number of unbranched alkanes of at least 4 members (excludes halogenated alkanes) is 10. The molecule has 0 radical (unpaired) electrons. The lowest BCUT2D eigenvalue weighted by Crippen LogP contribution is -2.59. The Morgan fingerprint density at radius 1 is 0.567 bits per heavy atom. The van der Waals surface area contributed by atoms with E-state index in [0.717, 1.165) is 32.1 Å². The van der Waals surface area contributed by atoms with Crippen LogP contribution in [-0.4, -0.2) is 40.0 Å². The molecule has 0 aromatic rings. The Morgan fingerprint density at radius 3 is 1.17 bits per heavy atom. The molecule has 0 aromatic heterocycles. The van der Waals surface area contributed by atoms with Crippen LogP contribution in [0.25, 0.3) is 0 Å². The molecule has 0 atom stereocenters. The van der Waals surface area contributed by atoms with Gasteiger partial charge in [0.25, 0.3) is 0 Å². The van der Waals surface area contributed by atoms with Crippen molar-refractivity contribution in [2.24, 2.45) is 0 Å². The van der Waals surface area contributed by atoms with E-state index in [9.17, 15) is 0 Å². The van der Waals surface area contributed by atoms with Crippen molar-refractivity contribution in [2.75, 3.05) is 28.4 Å². The zero-order chi connectivity index (χ0) is 23.1. The summed E-state index contributed by atoms with van der Waals surface area (Å²) in [6.45, 7) is 10.0. The number of hydrogen-bond donors (Lipinski definition) is 0. The van der Waals surface area contributed by atoms with Crippen LogP contribution in [0.1, 0.15) is 117 Å². The van der Waals surface area contributed by atoms with Gasteiger partial charge in [0.15, 0.2) is 0 Å². The van der Waals surface area contributed by atoms with Gasteiger partial charge < -0.3 is 18.9 Å². The highest BCUT2D eigenvalue weighted by Gasteiger charge is 2.53. The van der Waals surface area contributed by atoms with E-state index in [1.54, 1.807) is 28.4 Å². The Balaban J connectivity index is 0. The van der Waals surface area contributed by atoms with Gasteiger partial charge in [0, 0.05) is 28.4 Å². The van der Waals surface area contributed by atoms with Gasteiger partial charge in [0.2, 0.25) is 0 Å². The molecule has 182 valence electrons. The highest BCUT2D eigenvalue weighted by molar-refractivity contribution is 4.90. The van der Waals surface area contributed by atoms with E-state index < -0.39 is 11.6 Å². The van der Waals surface area contributed by atoms with Crippen molar-refractivity contribution >= 4 is 0 Å². The highest BCUT2D eigenvalue weighted by atomic mass is 16.9. The molecule has 0 bridgehead atoms. The van der Waals surface area contributed by atoms with Crippen LogP contribution in [0.3, 0.4) is 0 Å². The lowest BCUT2D eigenvalue weighted by molar-refractivity contribution is -0.425. The summed E-state index contributed by atoms with van der Waals surface area (Å²) in [7, 11) is 6.69. The molecule has 0 aliphatic carbocycles. The zero-order valence-corrected chi connectivity index (χ0v) is 21.5. The Bertz CT molecular complexity index is 329. The molecule has 0 aliphatic heterocycles. The molecule has 0 amide bonds. The molecule has 30 heavy (non-hydrogen) atoms. The first-order valence-electron chi connectivity index (χ1n) is 12.3. The second-order valence-electron chi connectivity index (χ2n) is 8.10. The minimum atomic E-state index is -1.14. The van der Waals surface area contributed by atoms with Crippen LogP contribution in [0.2, 0.25) is 0 Å². The van der Waals surface area contributed by atoms with Crippen LogP contribution < -0.4 is 0 Å². The molecule has 0 spiro atoms. The topological polar surface area (TPSA) is 36.9 Å². The molecule has 0 saturated carbocycles. The lowest BCUT2D eigenvalue weighted by atomic mass is 9.86. The van der Waals surface area contributed by atoms with E-state index in [0.29, 0.717) is 0 Å². The highest BCUT2D eigenvalue weighted by Crippen LogP contribution is 2.40. The van der Waals surface area contributed by atoms with Gasteiger partial charge in [-0.2, -0.15) is 0 Å². The number of methoxy groups -OCH3 is 4. The fourth-order valence-electron chi connectivity index (χ4n) is 3.95. The SMILES string of the molecule is C=CCC.CCCCCCCCC(CCCCCCCC)(OC)C(OC)(OC)OC. The number of rotatable bonds is 20. The molecule has 0 heterocycles. The summed E-state index contributed by atoms with van der Waals surface area (Å²) in [6, 6.07) is 0. The first kappa shape index (κ1) is 31.8. The van der Waals surface area contributed by atoms with E-state index in [1.165, 1.54) is 64.2 Å². The Hall–Kier alpha value is -0.420. The van der Waals surface area contributed by atoms with Gasteiger partial charge in [0.1, 0.15) is 5.60 Å². The van der Waals surface area contributed by atoms with Crippen molar-refractivity contribution < 1.29 is 18.9 Å². The van der Waals surface area contributed by atoms with Crippen molar-refractivity contribution in [1.29, 1.82) is 0 Å². The average Bonchev–Trinajstić information content (AvgIpc) is 2.79. The average molecular weight is 431 g/mol. The minimum absolute atomic E-state index is 0.569. The summed E-state index contributed by atoms with van der Waals surface area (Å²) in [5.74, 6) is -1.14. The van der Waals surface area contributed by atoms with Crippen LogP contribution in [0.5, 0.6) is 0 Å². The third-order valence-corrected chi connectivity index (χ3v) is 5.91. The van der Waals surface area contributed by atoms with Crippen molar-refractivity contribution in [3.05, 3.63) is 12.7 Å². The Kier molecular flexibility index (Phi) is 23.1. The molecule has 0 saturated heterocycles. The molecule has 4 nitrogen and oxygen atoms in total. The van der Waals surface area contributed by atoms with E-state index >= 15 is 0 Å². The molecule has 0 fully saturated rings. The van der Waals surface area contributed by atoms with Crippen molar-refractivity contribution in [1.82, 2.24) is 0 Å². The third kappa shape index (κ3) is 12.4. The lowest BCUT2D eigenvalue weighted by Gasteiger charge is -2.46. The molecule has 4 heteroatoms. The smallest absolute Gasteiger partial charge is 0.313 e. The third-order valence-electron chi connectivity index (χ3n) is 5.91. The first-order chi connectivity index (χ1) is 14.5. The number of hydrogen-bond acceptors (Lipinski definition) is 4. The fraction of sp³-hybridized carbons (Fsp3) is 0.923. The number of allylic oxidation sites excluding steroid dienone is 1. The summed E-state index contributed by atoms with van der Waals surface area (Å²) in [5.41, 5.74) is -0.569. The quantitative estimate of drug-likeness (QED) is 0.111. The van der Waals surface area contributed by atoms with E-state index in [2.05, 4.69) is 27.4 Å². The van der Waals surface area contributed by atoms with E-state index in [4.69, 9.17) is 18.9 Å². The molecular weight excluding hydrogens is 376 g/mol. The van der Waals surface area contributed by atoms with Crippen LogP contribution in [0.15, 0.2) is 12.7 Å². The molecule has 0 unspecified atom stereocenters. The normalized spacial score (nSPS) is 11.8. The van der Waals surface area contributed by atoms with Gasteiger partial charge >= 0.3 is 5.97 Å². The minimum Gasteiger partial charge on any atom is -0.370 e. The van der Waals surface area contributed by atoms with Gasteiger partial charge in [-0.25, -0.2) is 0 Å². The van der Waals surface area contributed by atoms with Crippen LogP contribution in [0.4, 0.5) is 0 Å². The largest absolute Gasteiger partial charge is 0.370 e. The van der Waals surface area contributed by atoms with Gasteiger partial charge in [-0.05, 0) is 19.3 Å². The Morgan fingerprint density at radius 2 is 0.900 bits per heavy atom. The molecule has 0 N–H and O–H groups in total. The molecule has 0 aromatic carbocycles. The predicted molar refractivity (Wildman–Crippen MR) is 130 cm³/mol. The summed E-state index contributed by atoms with van der Waals surface area (Å²) in [5, 5.41) is 0. The van der Waals surface area contributed by atoms with Crippen molar-refractivity contribution in [2.45, 2.75) is 129 Å². The van der Waals surface area contributed by atoms with Crippen LogP contribution in [-0.2, 0) is 18.9 Å². The van der Waals surface area contributed by atoms with Gasteiger partial charge in [-0.1, -0.05) is 104 Å². The maximum absolute atomic E-state index is 6.06.